The number of nitrogens with zero attached hydrogens (tertiary/aromatic N) is 1. The molecule has 10 aromatic rings. The minimum Gasteiger partial charge on any atom is -0.309 e. The first kappa shape index (κ1) is 31.8. The minimum atomic E-state index is 0.144. The zero-order valence-electron chi connectivity index (χ0n) is 31.3. The predicted octanol–water partition coefficient (Wildman–Crippen LogP) is 15.0. The zero-order chi connectivity index (χ0) is 36.8. The molecule has 1 heterocycles. The fraction of sp³-hybridized carbons (Fsp3) is 0.0741. The lowest BCUT2D eigenvalue weighted by Gasteiger charge is -2.26. The molecule has 0 bridgehead atoms. The van der Waals surface area contributed by atoms with E-state index >= 15 is 0 Å². The molecule has 1 heteroatoms. The summed E-state index contributed by atoms with van der Waals surface area (Å²) in [7, 11) is 0. The Morgan fingerprint density at radius 2 is 0.745 bits per heavy atom. The maximum atomic E-state index is 2.45. The van der Waals surface area contributed by atoms with Gasteiger partial charge in [0.05, 0.1) is 11.0 Å². The van der Waals surface area contributed by atoms with E-state index in [2.05, 4.69) is 207 Å². The Morgan fingerprint density at radius 1 is 0.327 bits per heavy atom. The third-order valence-corrected chi connectivity index (χ3v) is 11.8. The number of fused-ring (bicyclic) bond motifs is 9. The lowest BCUT2D eigenvalue weighted by molar-refractivity contribution is 0.590. The van der Waals surface area contributed by atoms with Gasteiger partial charge in [-0.15, -0.1) is 0 Å². The first-order valence-corrected chi connectivity index (χ1v) is 19.3. The molecule has 0 spiro atoms. The van der Waals surface area contributed by atoms with Gasteiger partial charge < -0.3 is 4.57 Å². The first-order valence-electron chi connectivity index (χ1n) is 19.3. The summed E-state index contributed by atoms with van der Waals surface area (Å²) < 4.78 is 2.45. The fourth-order valence-corrected chi connectivity index (χ4v) is 8.81. The number of hydrogen-bond acceptors (Lipinski definition) is 0. The highest BCUT2D eigenvalue weighted by Crippen LogP contribution is 2.51. The van der Waals surface area contributed by atoms with E-state index in [1.54, 1.807) is 0 Å². The van der Waals surface area contributed by atoms with E-state index in [4.69, 9.17) is 0 Å². The second-order valence-corrected chi connectivity index (χ2v) is 16.2. The van der Waals surface area contributed by atoms with Gasteiger partial charge in [0.15, 0.2) is 0 Å². The van der Waals surface area contributed by atoms with E-state index in [0.29, 0.717) is 0 Å². The molecular weight excluding hydrogens is 663 g/mol. The van der Waals surface area contributed by atoms with Crippen LogP contribution in [0.4, 0.5) is 0 Å². The summed E-state index contributed by atoms with van der Waals surface area (Å²) in [6.07, 6.45) is 0. The predicted molar refractivity (Wildman–Crippen MR) is 235 cm³/mol. The standard InChI is InChI=1S/C54H39N/c1-54(2,3)44-21-16-36(17-22-44)37-14-15-40-28-46-47-29-41-18-23-45(27-43(41)33-49(47)48(46)32-42(40)26-37)55-52-24-19-38(34-10-6-4-7-11-34)30-50(52)51-31-39(20-25-53(51)55)35-12-8-5-9-13-35/h4-33H,1-3H3. The highest BCUT2D eigenvalue weighted by Gasteiger charge is 2.24. The summed E-state index contributed by atoms with van der Waals surface area (Å²) in [6.45, 7) is 6.81. The van der Waals surface area contributed by atoms with Crippen LogP contribution in [0, 0.1) is 0 Å². The SMILES string of the molecule is CC(C)(C)c1ccc(-c2ccc3cc4c(cc3c2)-c2cc3cc(-n5c6ccc(-c7ccccc7)cc6c6cc(-c7ccccc7)ccc65)ccc3cc2-4)cc1. The first-order chi connectivity index (χ1) is 26.9. The third kappa shape index (κ3) is 5.15. The number of hydrogen-bond donors (Lipinski definition) is 0. The van der Waals surface area contributed by atoms with Crippen LogP contribution in [0.25, 0.3) is 105 Å². The molecular formula is C54H39N. The maximum Gasteiger partial charge on any atom is 0.0541 e. The molecule has 1 aliphatic rings. The van der Waals surface area contributed by atoms with Gasteiger partial charge in [-0.25, -0.2) is 0 Å². The Morgan fingerprint density at radius 3 is 1.27 bits per heavy atom. The molecule has 260 valence electrons. The number of rotatable bonds is 4. The molecule has 0 radical (unpaired) electrons. The van der Waals surface area contributed by atoms with Crippen molar-refractivity contribution in [1.29, 1.82) is 0 Å². The van der Waals surface area contributed by atoms with E-state index < -0.39 is 0 Å². The second kappa shape index (κ2) is 11.9. The number of aromatic nitrogens is 1. The van der Waals surface area contributed by atoms with Gasteiger partial charge in [-0.1, -0.05) is 136 Å². The summed E-state index contributed by atoms with van der Waals surface area (Å²) in [4.78, 5) is 0. The van der Waals surface area contributed by atoms with Crippen molar-refractivity contribution in [2.24, 2.45) is 0 Å². The highest BCUT2D eigenvalue weighted by molar-refractivity contribution is 6.14. The van der Waals surface area contributed by atoms with Crippen LogP contribution in [0.15, 0.2) is 182 Å². The van der Waals surface area contributed by atoms with Crippen molar-refractivity contribution in [3.8, 4) is 61.3 Å². The van der Waals surface area contributed by atoms with Gasteiger partial charge >= 0.3 is 0 Å². The minimum absolute atomic E-state index is 0.144. The average Bonchev–Trinajstić information content (AvgIpc) is 3.55. The molecule has 11 rings (SSSR count). The molecule has 0 N–H and O–H groups in total. The molecule has 1 aromatic heterocycles. The molecule has 55 heavy (non-hydrogen) atoms. The molecule has 9 aromatic carbocycles. The molecule has 0 aliphatic heterocycles. The van der Waals surface area contributed by atoms with Crippen LogP contribution in [0.1, 0.15) is 26.3 Å². The maximum absolute atomic E-state index is 2.45. The van der Waals surface area contributed by atoms with Crippen LogP contribution in [-0.4, -0.2) is 4.57 Å². The van der Waals surface area contributed by atoms with Crippen molar-refractivity contribution in [2.45, 2.75) is 26.2 Å². The second-order valence-electron chi connectivity index (χ2n) is 16.2. The van der Waals surface area contributed by atoms with Crippen LogP contribution in [-0.2, 0) is 5.41 Å². The smallest absolute Gasteiger partial charge is 0.0541 e. The molecule has 0 saturated carbocycles. The molecule has 0 atom stereocenters. The van der Waals surface area contributed by atoms with E-state index in [9.17, 15) is 0 Å². The Bertz CT molecular complexity index is 3040. The summed E-state index contributed by atoms with van der Waals surface area (Å²) in [5.41, 5.74) is 17.9. The Kier molecular flexibility index (Phi) is 6.88. The molecule has 1 nitrogen and oxygen atoms in total. The molecule has 0 saturated heterocycles. The fourth-order valence-electron chi connectivity index (χ4n) is 8.81. The van der Waals surface area contributed by atoms with Crippen LogP contribution < -0.4 is 0 Å². The topological polar surface area (TPSA) is 4.93 Å². The third-order valence-electron chi connectivity index (χ3n) is 11.8. The van der Waals surface area contributed by atoms with Gasteiger partial charge in [0.2, 0.25) is 0 Å². The quantitative estimate of drug-likeness (QED) is 0.172. The van der Waals surface area contributed by atoms with Gasteiger partial charge in [-0.05, 0) is 155 Å². The van der Waals surface area contributed by atoms with Crippen LogP contribution in [0.3, 0.4) is 0 Å². The summed E-state index contributed by atoms with van der Waals surface area (Å²) in [5.74, 6) is 0. The summed E-state index contributed by atoms with van der Waals surface area (Å²) in [5, 5.41) is 7.61. The van der Waals surface area contributed by atoms with E-state index in [0.717, 1.165) is 0 Å². The van der Waals surface area contributed by atoms with Gasteiger partial charge in [-0.2, -0.15) is 0 Å². The Hall–Kier alpha value is -6.70. The van der Waals surface area contributed by atoms with Gasteiger partial charge in [-0.3, -0.25) is 0 Å². The van der Waals surface area contributed by atoms with Crippen molar-refractivity contribution in [3.63, 3.8) is 0 Å². The normalized spacial score (nSPS) is 12.3. The molecule has 1 aliphatic carbocycles. The van der Waals surface area contributed by atoms with Gasteiger partial charge in [0.1, 0.15) is 0 Å². The van der Waals surface area contributed by atoms with E-state index in [1.165, 1.54) is 110 Å². The lowest BCUT2D eigenvalue weighted by atomic mass is 9.77. The molecule has 0 amide bonds. The highest BCUT2D eigenvalue weighted by atomic mass is 15.0. The van der Waals surface area contributed by atoms with Gasteiger partial charge in [0.25, 0.3) is 0 Å². The zero-order valence-corrected chi connectivity index (χ0v) is 31.3. The molecule has 0 fully saturated rings. The van der Waals surface area contributed by atoms with Crippen LogP contribution in [0.2, 0.25) is 0 Å². The van der Waals surface area contributed by atoms with E-state index in [-0.39, 0.29) is 5.41 Å². The average molecular weight is 702 g/mol. The van der Waals surface area contributed by atoms with Crippen LogP contribution in [0.5, 0.6) is 0 Å². The van der Waals surface area contributed by atoms with Gasteiger partial charge in [0, 0.05) is 16.5 Å². The monoisotopic (exact) mass is 701 g/mol. The van der Waals surface area contributed by atoms with Crippen molar-refractivity contribution in [3.05, 3.63) is 188 Å². The Balaban J connectivity index is 1.02. The lowest BCUT2D eigenvalue weighted by Crippen LogP contribution is -2.10. The van der Waals surface area contributed by atoms with Crippen molar-refractivity contribution in [1.82, 2.24) is 4.57 Å². The largest absolute Gasteiger partial charge is 0.309 e. The molecule has 0 unspecified atom stereocenters. The number of benzene rings is 9. The van der Waals surface area contributed by atoms with Crippen molar-refractivity contribution >= 4 is 43.4 Å². The summed E-state index contributed by atoms with van der Waals surface area (Å²) >= 11 is 0. The van der Waals surface area contributed by atoms with Crippen LogP contribution >= 0.6 is 0 Å². The Labute approximate surface area is 321 Å². The summed E-state index contributed by atoms with van der Waals surface area (Å²) in [6, 6.07) is 67.8. The van der Waals surface area contributed by atoms with Crippen molar-refractivity contribution < 1.29 is 0 Å². The van der Waals surface area contributed by atoms with E-state index in [1.807, 2.05) is 0 Å². The van der Waals surface area contributed by atoms with Crippen molar-refractivity contribution in [2.75, 3.05) is 0 Å².